The van der Waals surface area contributed by atoms with Crippen LogP contribution in [-0.4, -0.2) is 67.9 Å². The zero-order valence-electron chi connectivity index (χ0n) is 10.9. The Balaban J connectivity index is 2.05. The van der Waals surface area contributed by atoms with E-state index in [1.165, 1.54) is 0 Å². The number of hydrogen-bond acceptors (Lipinski definition) is 3. The standard InChI is InChI=1S/C12H22N2O3/c1-4-16-10-6-5-9-11(10)17-8-7-14(9)12(15)13(2)3/h9-11H,4-8H2,1-3H3/t9-,10-,11+/m0/s1. The second-order valence-corrected chi connectivity index (χ2v) is 4.84. The van der Waals surface area contributed by atoms with Gasteiger partial charge in [-0.3, -0.25) is 0 Å². The summed E-state index contributed by atoms with van der Waals surface area (Å²) in [6, 6.07) is 0.274. The van der Waals surface area contributed by atoms with Gasteiger partial charge in [0, 0.05) is 27.2 Å². The molecule has 0 N–H and O–H groups in total. The summed E-state index contributed by atoms with van der Waals surface area (Å²) in [6.07, 6.45) is 2.19. The molecule has 0 unspecified atom stereocenters. The minimum Gasteiger partial charge on any atom is -0.376 e. The monoisotopic (exact) mass is 242 g/mol. The lowest BCUT2D eigenvalue weighted by molar-refractivity contribution is -0.102. The van der Waals surface area contributed by atoms with Crippen molar-refractivity contribution in [3.63, 3.8) is 0 Å². The fourth-order valence-corrected chi connectivity index (χ4v) is 2.80. The lowest BCUT2D eigenvalue weighted by Gasteiger charge is -2.40. The van der Waals surface area contributed by atoms with Crippen LogP contribution in [0, 0.1) is 0 Å². The van der Waals surface area contributed by atoms with Crippen molar-refractivity contribution >= 4 is 6.03 Å². The summed E-state index contributed by atoms with van der Waals surface area (Å²) >= 11 is 0. The maximum absolute atomic E-state index is 12.1. The molecule has 5 nitrogen and oxygen atoms in total. The highest BCUT2D eigenvalue weighted by atomic mass is 16.5. The van der Waals surface area contributed by atoms with Crippen LogP contribution in [0.4, 0.5) is 4.79 Å². The molecule has 1 aliphatic carbocycles. The molecule has 1 saturated heterocycles. The molecule has 5 heteroatoms. The van der Waals surface area contributed by atoms with Crippen molar-refractivity contribution in [2.75, 3.05) is 33.9 Å². The molecule has 1 heterocycles. The number of amides is 2. The van der Waals surface area contributed by atoms with Crippen LogP contribution >= 0.6 is 0 Å². The number of carbonyl (C=O) groups is 1. The van der Waals surface area contributed by atoms with E-state index in [-0.39, 0.29) is 24.3 Å². The Hall–Kier alpha value is -0.810. The molecule has 0 bridgehead atoms. The van der Waals surface area contributed by atoms with Crippen LogP contribution in [-0.2, 0) is 9.47 Å². The predicted octanol–water partition coefficient (Wildman–Crippen LogP) is 0.936. The van der Waals surface area contributed by atoms with Gasteiger partial charge >= 0.3 is 6.03 Å². The van der Waals surface area contributed by atoms with Crippen molar-refractivity contribution in [2.45, 2.75) is 38.0 Å². The Labute approximate surface area is 103 Å². The Bertz CT molecular complexity index is 283. The maximum Gasteiger partial charge on any atom is 0.319 e. The second kappa shape index (κ2) is 5.23. The highest BCUT2D eigenvalue weighted by Gasteiger charge is 2.45. The summed E-state index contributed by atoms with van der Waals surface area (Å²) in [7, 11) is 3.59. The van der Waals surface area contributed by atoms with E-state index in [0.29, 0.717) is 19.8 Å². The molecular weight excluding hydrogens is 220 g/mol. The number of nitrogens with zero attached hydrogens (tertiary/aromatic N) is 2. The molecule has 0 radical (unpaired) electrons. The van der Waals surface area contributed by atoms with Gasteiger partial charge in [0.2, 0.25) is 0 Å². The van der Waals surface area contributed by atoms with E-state index in [4.69, 9.17) is 9.47 Å². The van der Waals surface area contributed by atoms with E-state index in [1.807, 2.05) is 11.8 Å². The third kappa shape index (κ3) is 2.40. The first-order valence-electron chi connectivity index (χ1n) is 6.36. The van der Waals surface area contributed by atoms with Crippen LogP contribution in [0.25, 0.3) is 0 Å². The van der Waals surface area contributed by atoms with Crippen LogP contribution in [0.2, 0.25) is 0 Å². The SMILES string of the molecule is CCO[C@H]1CC[C@H]2[C@H]1OCCN2C(=O)N(C)C. The zero-order valence-corrected chi connectivity index (χ0v) is 10.9. The van der Waals surface area contributed by atoms with Crippen molar-refractivity contribution in [1.29, 1.82) is 0 Å². The van der Waals surface area contributed by atoms with Crippen LogP contribution in [0.15, 0.2) is 0 Å². The lowest BCUT2D eigenvalue weighted by Crippen LogP contribution is -2.56. The van der Waals surface area contributed by atoms with Crippen molar-refractivity contribution in [2.24, 2.45) is 0 Å². The largest absolute Gasteiger partial charge is 0.376 e. The number of hydrogen-bond donors (Lipinski definition) is 0. The molecule has 2 aliphatic rings. The predicted molar refractivity (Wildman–Crippen MR) is 64.0 cm³/mol. The molecule has 0 aromatic carbocycles. The molecule has 17 heavy (non-hydrogen) atoms. The zero-order chi connectivity index (χ0) is 12.4. The number of carbonyl (C=O) groups excluding carboxylic acids is 1. The molecule has 0 aromatic rings. The Kier molecular flexibility index (Phi) is 3.89. The number of rotatable bonds is 2. The van der Waals surface area contributed by atoms with E-state index < -0.39 is 0 Å². The Morgan fingerprint density at radius 2 is 2.24 bits per heavy atom. The Morgan fingerprint density at radius 3 is 2.88 bits per heavy atom. The third-order valence-electron chi connectivity index (χ3n) is 3.54. The minimum atomic E-state index is 0.0626. The van der Waals surface area contributed by atoms with Gasteiger partial charge in [-0.25, -0.2) is 4.79 Å². The van der Waals surface area contributed by atoms with E-state index in [1.54, 1.807) is 19.0 Å². The first-order valence-corrected chi connectivity index (χ1v) is 6.36. The summed E-state index contributed by atoms with van der Waals surface area (Å²) in [5.41, 5.74) is 0. The second-order valence-electron chi connectivity index (χ2n) is 4.84. The first kappa shape index (κ1) is 12.6. The maximum atomic E-state index is 12.1. The van der Waals surface area contributed by atoms with Crippen molar-refractivity contribution in [3.05, 3.63) is 0 Å². The summed E-state index contributed by atoms with van der Waals surface area (Å²) in [5, 5.41) is 0. The molecule has 1 saturated carbocycles. The fourth-order valence-electron chi connectivity index (χ4n) is 2.80. The van der Waals surface area contributed by atoms with Gasteiger partial charge in [0.25, 0.3) is 0 Å². The molecular formula is C12H22N2O3. The third-order valence-corrected chi connectivity index (χ3v) is 3.54. The molecule has 2 fully saturated rings. The topological polar surface area (TPSA) is 42.0 Å². The summed E-state index contributed by atoms with van der Waals surface area (Å²) in [5.74, 6) is 0. The van der Waals surface area contributed by atoms with Crippen molar-refractivity contribution in [3.8, 4) is 0 Å². The minimum absolute atomic E-state index is 0.0626. The first-order chi connectivity index (χ1) is 8.15. The van der Waals surface area contributed by atoms with Gasteiger partial charge in [0.05, 0.1) is 18.8 Å². The van der Waals surface area contributed by atoms with Gasteiger partial charge in [-0.15, -0.1) is 0 Å². The normalized spacial score (nSPS) is 32.4. The number of ether oxygens (including phenoxy) is 2. The smallest absolute Gasteiger partial charge is 0.319 e. The highest BCUT2D eigenvalue weighted by Crippen LogP contribution is 2.32. The summed E-state index contributed by atoms with van der Waals surface area (Å²) in [6.45, 7) is 4.01. The van der Waals surface area contributed by atoms with Gasteiger partial charge in [-0.05, 0) is 19.8 Å². The lowest BCUT2D eigenvalue weighted by atomic mass is 10.1. The molecule has 1 aliphatic heterocycles. The average molecular weight is 242 g/mol. The van der Waals surface area contributed by atoms with E-state index in [0.717, 1.165) is 12.8 Å². The Morgan fingerprint density at radius 1 is 1.47 bits per heavy atom. The molecule has 0 aromatic heterocycles. The van der Waals surface area contributed by atoms with Gasteiger partial charge in [0.1, 0.15) is 6.10 Å². The van der Waals surface area contributed by atoms with Gasteiger partial charge in [-0.2, -0.15) is 0 Å². The molecule has 2 amide bonds. The number of fused-ring (bicyclic) bond motifs is 1. The van der Waals surface area contributed by atoms with Crippen LogP contribution < -0.4 is 0 Å². The van der Waals surface area contributed by atoms with Crippen LogP contribution in [0.3, 0.4) is 0 Å². The number of urea groups is 1. The summed E-state index contributed by atoms with van der Waals surface area (Å²) < 4.78 is 11.5. The molecule has 0 spiro atoms. The van der Waals surface area contributed by atoms with E-state index in [9.17, 15) is 4.79 Å². The number of morpholine rings is 1. The molecule has 2 rings (SSSR count). The van der Waals surface area contributed by atoms with Crippen molar-refractivity contribution < 1.29 is 14.3 Å². The van der Waals surface area contributed by atoms with Gasteiger partial charge < -0.3 is 19.3 Å². The van der Waals surface area contributed by atoms with E-state index in [2.05, 4.69) is 0 Å². The fraction of sp³-hybridized carbons (Fsp3) is 0.917. The molecule has 98 valence electrons. The van der Waals surface area contributed by atoms with Gasteiger partial charge in [0.15, 0.2) is 0 Å². The van der Waals surface area contributed by atoms with E-state index >= 15 is 0 Å². The quantitative estimate of drug-likeness (QED) is 0.723. The summed E-state index contributed by atoms with van der Waals surface area (Å²) in [4.78, 5) is 15.6. The van der Waals surface area contributed by atoms with Crippen LogP contribution in [0.5, 0.6) is 0 Å². The average Bonchev–Trinajstić information content (AvgIpc) is 2.72. The van der Waals surface area contributed by atoms with Crippen molar-refractivity contribution in [1.82, 2.24) is 9.80 Å². The van der Waals surface area contributed by atoms with Gasteiger partial charge in [-0.1, -0.05) is 0 Å². The van der Waals surface area contributed by atoms with Crippen LogP contribution in [0.1, 0.15) is 19.8 Å². The highest BCUT2D eigenvalue weighted by molar-refractivity contribution is 5.74. The molecule has 3 atom stereocenters.